The lowest BCUT2D eigenvalue weighted by atomic mass is 10.2. The maximum Gasteiger partial charge on any atom is 0.471 e. The van der Waals surface area contributed by atoms with Crippen molar-refractivity contribution in [1.29, 1.82) is 0 Å². The zero-order valence-corrected chi connectivity index (χ0v) is 10.2. The molecular weight excluding hydrogens is 295 g/mol. The van der Waals surface area contributed by atoms with Crippen LogP contribution in [0.4, 0.5) is 13.2 Å². The van der Waals surface area contributed by atoms with Gasteiger partial charge >= 0.3 is 12.1 Å². The Bertz CT molecular complexity index is 556. The second kappa shape index (κ2) is 5.15. The predicted molar refractivity (Wildman–Crippen MR) is 57.4 cm³/mol. The topological polar surface area (TPSA) is 63.2 Å². The van der Waals surface area contributed by atoms with Crippen LogP contribution in [0.2, 0.25) is 0 Å². The van der Waals surface area contributed by atoms with Gasteiger partial charge in [-0.2, -0.15) is 13.2 Å². The van der Waals surface area contributed by atoms with Crippen molar-refractivity contribution in [2.45, 2.75) is 17.6 Å². The average molecular weight is 302 g/mol. The van der Waals surface area contributed by atoms with E-state index in [-0.39, 0.29) is 10.5 Å². The largest absolute Gasteiger partial charge is 0.471 e. The van der Waals surface area contributed by atoms with Crippen molar-refractivity contribution in [1.82, 2.24) is 5.32 Å². The Hall–Kier alpha value is -1.28. The molecule has 1 rings (SSSR count). The number of rotatable bonds is 3. The average Bonchev–Trinajstić information content (AvgIpc) is 2.23. The van der Waals surface area contributed by atoms with Crippen molar-refractivity contribution in [3.8, 4) is 0 Å². The molecule has 4 nitrogen and oxygen atoms in total. The first kappa shape index (κ1) is 14.8. The van der Waals surface area contributed by atoms with Crippen molar-refractivity contribution >= 4 is 25.6 Å². The van der Waals surface area contributed by atoms with E-state index in [1.54, 1.807) is 5.32 Å². The van der Waals surface area contributed by atoms with E-state index >= 15 is 0 Å². The lowest BCUT2D eigenvalue weighted by molar-refractivity contribution is -0.173. The normalized spacial score (nSPS) is 12.2. The molecule has 0 unspecified atom stereocenters. The number of carbonyl (C=O) groups is 1. The molecule has 0 aliphatic carbocycles. The van der Waals surface area contributed by atoms with Crippen molar-refractivity contribution in [3.63, 3.8) is 0 Å². The van der Waals surface area contributed by atoms with Gasteiger partial charge < -0.3 is 5.32 Å². The number of nitrogens with one attached hydrogen (secondary N) is 1. The SMILES string of the molecule is O=C(NCc1ccccc1S(=O)(=O)Cl)C(F)(F)F. The molecule has 18 heavy (non-hydrogen) atoms. The van der Waals surface area contributed by atoms with Crippen LogP contribution in [0.15, 0.2) is 29.2 Å². The fourth-order valence-corrected chi connectivity index (χ4v) is 2.31. The summed E-state index contributed by atoms with van der Waals surface area (Å²) in [5, 5.41) is 1.56. The summed E-state index contributed by atoms with van der Waals surface area (Å²) in [7, 11) is 1.03. The van der Waals surface area contributed by atoms with E-state index in [1.165, 1.54) is 18.2 Å². The quantitative estimate of drug-likeness (QED) is 0.866. The van der Waals surface area contributed by atoms with Gasteiger partial charge in [0.1, 0.15) is 0 Å². The van der Waals surface area contributed by atoms with E-state index in [9.17, 15) is 26.4 Å². The minimum atomic E-state index is -5.02. The van der Waals surface area contributed by atoms with Crippen molar-refractivity contribution in [2.24, 2.45) is 0 Å². The van der Waals surface area contributed by atoms with Gasteiger partial charge in [0.15, 0.2) is 0 Å². The summed E-state index contributed by atoms with van der Waals surface area (Å²) in [4.78, 5) is 10.2. The molecule has 0 bridgehead atoms. The molecule has 0 aromatic heterocycles. The lowest BCUT2D eigenvalue weighted by Crippen LogP contribution is -2.36. The Morgan fingerprint density at radius 3 is 2.33 bits per heavy atom. The molecule has 1 aromatic carbocycles. The van der Waals surface area contributed by atoms with E-state index in [1.807, 2.05) is 0 Å². The second-order valence-corrected chi connectivity index (χ2v) is 5.76. The predicted octanol–water partition coefficient (Wildman–Crippen LogP) is 1.79. The number of amides is 1. The van der Waals surface area contributed by atoms with E-state index < -0.39 is 27.7 Å². The lowest BCUT2D eigenvalue weighted by Gasteiger charge is -2.09. The summed E-state index contributed by atoms with van der Waals surface area (Å²) < 4.78 is 58.0. The third kappa shape index (κ3) is 3.88. The minimum Gasteiger partial charge on any atom is -0.344 e. The zero-order chi connectivity index (χ0) is 14.0. The van der Waals surface area contributed by atoms with Gasteiger partial charge in [0.2, 0.25) is 0 Å². The molecule has 0 aliphatic rings. The molecule has 1 amide bonds. The van der Waals surface area contributed by atoms with E-state index in [2.05, 4.69) is 0 Å². The monoisotopic (exact) mass is 301 g/mol. The van der Waals surface area contributed by atoms with Crippen LogP contribution < -0.4 is 5.32 Å². The van der Waals surface area contributed by atoms with Crippen LogP contribution in [-0.4, -0.2) is 20.5 Å². The van der Waals surface area contributed by atoms with Crippen LogP contribution >= 0.6 is 10.7 Å². The molecule has 0 saturated heterocycles. The highest BCUT2D eigenvalue weighted by molar-refractivity contribution is 8.13. The number of alkyl halides is 3. The summed E-state index contributed by atoms with van der Waals surface area (Å²) in [6.07, 6.45) is -5.02. The Balaban J connectivity index is 2.91. The Labute approximate surface area is 105 Å². The fourth-order valence-electron chi connectivity index (χ4n) is 1.16. The van der Waals surface area contributed by atoms with Crippen molar-refractivity contribution in [3.05, 3.63) is 29.8 Å². The zero-order valence-electron chi connectivity index (χ0n) is 8.66. The van der Waals surface area contributed by atoms with Crippen LogP contribution in [0.5, 0.6) is 0 Å². The molecule has 0 spiro atoms. The summed E-state index contributed by atoms with van der Waals surface area (Å²) in [5.41, 5.74) is -0.0231. The summed E-state index contributed by atoms with van der Waals surface area (Å²) in [5.74, 6) is -2.15. The highest BCUT2D eigenvalue weighted by Crippen LogP contribution is 2.20. The van der Waals surface area contributed by atoms with Gasteiger partial charge in [0.05, 0.1) is 4.90 Å². The molecule has 1 N–H and O–H groups in total. The Morgan fingerprint density at radius 2 is 1.83 bits per heavy atom. The van der Waals surface area contributed by atoms with Crippen molar-refractivity contribution in [2.75, 3.05) is 0 Å². The first-order valence-corrected chi connectivity index (χ1v) is 6.81. The van der Waals surface area contributed by atoms with Gasteiger partial charge in [-0.05, 0) is 11.6 Å². The maximum absolute atomic E-state index is 11.9. The van der Waals surface area contributed by atoms with Gasteiger partial charge in [-0.15, -0.1) is 0 Å². The third-order valence-corrected chi connectivity index (χ3v) is 3.35. The first-order chi connectivity index (χ1) is 8.12. The molecule has 0 atom stereocenters. The van der Waals surface area contributed by atoms with Gasteiger partial charge in [0.25, 0.3) is 9.05 Å². The summed E-state index contributed by atoms with van der Waals surface area (Å²) in [6.45, 7) is -0.583. The van der Waals surface area contributed by atoms with Crippen molar-refractivity contribution < 1.29 is 26.4 Å². The second-order valence-electron chi connectivity index (χ2n) is 3.23. The highest BCUT2D eigenvalue weighted by atomic mass is 35.7. The van der Waals surface area contributed by atoms with Gasteiger partial charge in [-0.1, -0.05) is 18.2 Å². The maximum atomic E-state index is 11.9. The number of carbonyl (C=O) groups excluding carboxylic acids is 1. The van der Waals surface area contributed by atoms with Gasteiger partial charge in [0, 0.05) is 17.2 Å². The van der Waals surface area contributed by atoms with Crippen LogP contribution in [-0.2, 0) is 20.4 Å². The Kier molecular flexibility index (Phi) is 4.23. The molecule has 0 radical (unpaired) electrons. The summed E-state index contributed by atoms with van der Waals surface area (Å²) >= 11 is 0. The molecule has 9 heteroatoms. The van der Waals surface area contributed by atoms with Crippen LogP contribution in [0, 0.1) is 0 Å². The third-order valence-electron chi connectivity index (χ3n) is 1.93. The number of hydrogen-bond acceptors (Lipinski definition) is 3. The van der Waals surface area contributed by atoms with Crippen LogP contribution in [0.25, 0.3) is 0 Å². The minimum absolute atomic E-state index is 0.0231. The molecule has 0 aliphatic heterocycles. The molecular formula is C9H7ClF3NO3S. The summed E-state index contributed by atoms with van der Waals surface area (Å²) in [6, 6.07) is 5.17. The van der Waals surface area contributed by atoms with E-state index in [0.717, 1.165) is 6.07 Å². The fraction of sp³-hybridized carbons (Fsp3) is 0.222. The smallest absolute Gasteiger partial charge is 0.344 e. The molecule has 0 heterocycles. The Morgan fingerprint density at radius 1 is 1.28 bits per heavy atom. The van der Waals surface area contributed by atoms with Gasteiger partial charge in [-0.3, -0.25) is 4.79 Å². The molecule has 1 aromatic rings. The number of benzene rings is 1. The highest BCUT2D eigenvalue weighted by Gasteiger charge is 2.38. The van der Waals surface area contributed by atoms with Crippen LogP contribution in [0.3, 0.4) is 0 Å². The van der Waals surface area contributed by atoms with Crippen LogP contribution in [0.1, 0.15) is 5.56 Å². The standard InChI is InChI=1S/C9H7ClF3NO3S/c10-18(16,17)7-4-2-1-3-6(7)5-14-8(15)9(11,12)13/h1-4H,5H2,(H,14,15). The first-order valence-electron chi connectivity index (χ1n) is 4.50. The van der Waals surface area contributed by atoms with E-state index in [4.69, 9.17) is 10.7 Å². The molecule has 100 valence electrons. The number of hydrogen-bond donors (Lipinski definition) is 1. The molecule has 0 saturated carbocycles. The van der Waals surface area contributed by atoms with E-state index in [0.29, 0.717) is 0 Å². The van der Waals surface area contributed by atoms with Gasteiger partial charge in [-0.25, -0.2) is 8.42 Å². The molecule has 0 fully saturated rings. The number of halogens is 4.